The van der Waals surface area contributed by atoms with Crippen LogP contribution in [0.1, 0.15) is 17.5 Å². The third-order valence-corrected chi connectivity index (χ3v) is 3.84. The summed E-state index contributed by atoms with van der Waals surface area (Å²) in [7, 11) is 1.98. The molecule has 1 saturated heterocycles. The van der Waals surface area contributed by atoms with Crippen LogP contribution in [0.25, 0.3) is 0 Å². The van der Waals surface area contributed by atoms with Gasteiger partial charge in [-0.25, -0.2) is 0 Å². The molecule has 21 heavy (non-hydrogen) atoms. The zero-order chi connectivity index (χ0) is 14.4. The molecule has 0 spiro atoms. The molecular formula is C16H26ClN3O. The molecule has 1 aromatic rings. The van der Waals surface area contributed by atoms with Gasteiger partial charge in [-0.1, -0.05) is 29.8 Å². The first-order valence-electron chi connectivity index (χ1n) is 7.36. The van der Waals surface area contributed by atoms with Crippen molar-refractivity contribution < 1.29 is 4.79 Å². The molecule has 1 heterocycles. The van der Waals surface area contributed by atoms with Crippen LogP contribution in [0.3, 0.4) is 0 Å². The second-order valence-electron chi connectivity index (χ2n) is 5.71. The second kappa shape index (κ2) is 9.03. The molecule has 0 bridgehead atoms. The summed E-state index contributed by atoms with van der Waals surface area (Å²) < 4.78 is 0. The number of aryl methyl sites for hydroxylation is 1. The molecule has 0 aromatic heterocycles. The Labute approximate surface area is 133 Å². The van der Waals surface area contributed by atoms with Crippen LogP contribution < -0.4 is 10.6 Å². The highest BCUT2D eigenvalue weighted by molar-refractivity contribution is 5.85. The van der Waals surface area contributed by atoms with E-state index in [-0.39, 0.29) is 18.3 Å². The summed E-state index contributed by atoms with van der Waals surface area (Å²) in [5, 5.41) is 6.20. The van der Waals surface area contributed by atoms with Crippen LogP contribution in [0.15, 0.2) is 24.3 Å². The third kappa shape index (κ3) is 6.04. The standard InChI is InChI=1S/C16H25N3O.ClH/c1-13-3-5-14(6-4-13)10-18-16(20)12-19-8-7-15(11-19)9-17-2;/h3-6,15,17H,7-12H2,1-2H3,(H,18,20);1H. The summed E-state index contributed by atoms with van der Waals surface area (Å²) in [5.74, 6) is 0.806. The van der Waals surface area contributed by atoms with Crippen LogP contribution in [-0.4, -0.2) is 44.0 Å². The minimum Gasteiger partial charge on any atom is -0.351 e. The molecule has 1 unspecified atom stereocenters. The molecule has 2 N–H and O–H groups in total. The number of rotatable bonds is 6. The van der Waals surface area contributed by atoms with E-state index in [1.165, 1.54) is 12.0 Å². The lowest BCUT2D eigenvalue weighted by atomic mass is 10.1. The topological polar surface area (TPSA) is 44.4 Å². The Morgan fingerprint density at radius 2 is 2.05 bits per heavy atom. The highest BCUT2D eigenvalue weighted by Crippen LogP contribution is 2.14. The van der Waals surface area contributed by atoms with Crippen molar-refractivity contribution in [2.45, 2.75) is 19.9 Å². The van der Waals surface area contributed by atoms with E-state index in [1.54, 1.807) is 0 Å². The maximum atomic E-state index is 11.9. The van der Waals surface area contributed by atoms with Gasteiger partial charge in [-0.05, 0) is 45.0 Å². The lowest BCUT2D eigenvalue weighted by Gasteiger charge is -2.15. The van der Waals surface area contributed by atoms with Gasteiger partial charge in [0.15, 0.2) is 0 Å². The number of carbonyl (C=O) groups excluding carboxylic acids is 1. The number of amides is 1. The molecule has 0 radical (unpaired) electrons. The number of nitrogens with zero attached hydrogens (tertiary/aromatic N) is 1. The van der Waals surface area contributed by atoms with E-state index in [4.69, 9.17) is 0 Å². The van der Waals surface area contributed by atoms with Gasteiger partial charge in [-0.2, -0.15) is 0 Å². The molecule has 1 fully saturated rings. The largest absolute Gasteiger partial charge is 0.351 e. The Kier molecular flexibility index (Phi) is 7.72. The smallest absolute Gasteiger partial charge is 0.234 e. The first-order valence-corrected chi connectivity index (χ1v) is 7.36. The minimum atomic E-state index is 0. The SMILES string of the molecule is CNCC1CCN(CC(=O)NCc2ccc(C)cc2)C1.Cl. The number of halogens is 1. The van der Waals surface area contributed by atoms with Gasteiger partial charge in [0.1, 0.15) is 0 Å². The van der Waals surface area contributed by atoms with E-state index >= 15 is 0 Å². The second-order valence-corrected chi connectivity index (χ2v) is 5.71. The Morgan fingerprint density at radius 1 is 1.33 bits per heavy atom. The highest BCUT2D eigenvalue weighted by atomic mass is 35.5. The molecule has 4 nitrogen and oxygen atoms in total. The van der Waals surface area contributed by atoms with Gasteiger partial charge in [0, 0.05) is 13.1 Å². The Hall–Kier alpha value is -1.10. The van der Waals surface area contributed by atoms with Gasteiger partial charge < -0.3 is 10.6 Å². The predicted octanol–water partition coefficient (Wildman–Crippen LogP) is 1.57. The number of nitrogens with one attached hydrogen (secondary N) is 2. The quantitative estimate of drug-likeness (QED) is 0.838. The van der Waals surface area contributed by atoms with E-state index in [0.29, 0.717) is 19.0 Å². The summed E-state index contributed by atoms with van der Waals surface area (Å²) in [6, 6.07) is 8.28. The van der Waals surface area contributed by atoms with Crippen molar-refractivity contribution in [3.05, 3.63) is 35.4 Å². The molecule has 1 aliphatic rings. The Balaban J connectivity index is 0.00000220. The normalized spacial score (nSPS) is 18.3. The monoisotopic (exact) mass is 311 g/mol. The molecule has 1 aromatic carbocycles. The maximum absolute atomic E-state index is 11.9. The molecule has 118 valence electrons. The zero-order valence-corrected chi connectivity index (χ0v) is 13.7. The van der Waals surface area contributed by atoms with Gasteiger partial charge >= 0.3 is 0 Å². The minimum absolute atomic E-state index is 0. The van der Waals surface area contributed by atoms with Crippen molar-refractivity contribution in [2.75, 3.05) is 33.2 Å². The first kappa shape index (κ1) is 18.0. The number of carbonyl (C=O) groups is 1. The zero-order valence-electron chi connectivity index (χ0n) is 12.9. The van der Waals surface area contributed by atoms with E-state index < -0.39 is 0 Å². The molecule has 1 aliphatic heterocycles. The molecule has 2 rings (SSSR count). The van der Waals surface area contributed by atoms with Crippen molar-refractivity contribution in [2.24, 2.45) is 5.92 Å². The van der Waals surface area contributed by atoms with E-state index in [2.05, 4.69) is 46.7 Å². The van der Waals surface area contributed by atoms with Crippen LogP contribution in [0, 0.1) is 12.8 Å². The van der Waals surface area contributed by atoms with E-state index in [1.807, 2.05) is 7.05 Å². The number of hydrogen-bond donors (Lipinski definition) is 2. The van der Waals surface area contributed by atoms with Crippen LogP contribution >= 0.6 is 12.4 Å². The molecular weight excluding hydrogens is 286 g/mol. The summed E-state index contributed by atoms with van der Waals surface area (Å²) >= 11 is 0. The Morgan fingerprint density at radius 3 is 2.71 bits per heavy atom. The summed E-state index contributed by atoms with van der Waals surface area (Å²) in [5.41, 5.74) is 2.39. The average molecular weight is 312 g/mol. The molecule has 1 amide bonds. The fourth-order valence-corrected chi connectivity index (χ4v) is 2.68. The summed E-state index contributed by atoms with van der Waals surface area (Å²) in [6.07, 6.45) is 1.19. The van der Waals surface area contributed by atoms with Gasteiger partial charge in [0.2, 0.25) is 5.91 Å². The summed E-state index contributed by atoms with van der Waals surface area (Å²) in [6.45, 7) is 6.31. The third-order valence-electron chi connectivity index (χ3n) is 3.84. The van der Waals surface area contributed by atoms with Crippen LogP contribution in [0.2, 0.25) is 0 Å². The van der Waals surface area contributed by atoms with Crippen LogP contribution in [0.5, 0.6) is 0 Å². The number of likely N-dealkylation sites (tertiary alicyclic amines) is 1. The average Bonchev–Trinajstić information content (AvgIpc) is 2.86. The molecule has 0 saturated carbocycles. The van der Waals surface area contributed by atoms with Crippen molar-refractivity contribution in [1.82, 2.24) is 15.5 Å². The van der Waals surface area contributed by atoms with Gasteiger partial charge in [-0.15, -0.1) is 12.4 Å². The molecule has 5 heteroatoms. The fraction of sp³-hybridized carbons (Fsp3) is 0.562. The number of benzene rings is 1. The van der Waals surface area contributed by atoms with Crippen molar-refractivity contribution in [3.8, 4) is 0 Å². The van der Waals surface area contributed by atoms with Gasteiger partial charge in [0.25, 0.3) is 0 Å². The Bertz CT molecular complexity index is 436. The van der Waals surface area contributed by atoms with Gasteiger partial charge in [-0.3, -0.25) is 9.69 Å². The fourth-order valence-electron chi connectivity index (χ4n) is 2.68. The lowest BCUT2D eigenvalue weighted by molar-refractivity contribution is -0.122. The maximum Gasteiger partial charge on any atom is 0.234 e. The molecule has 0 aliphatic carbocycles. The predicted molar refractivity (Wildman–Crippen MR) is 88.7 cm³/mol. The van der Waals surface area contributed by atoms with Crippen LogP contribution in [0.4, 0.5) is 0 Å². The van der Waals surface area contributed by atoms with Crippen LogP contribution in [-0.2, 0) is 11.3 Å². The molecule has 1 atom stereocenters. The summed E-state index contributed by atoms with van der Waals surface area (Å²) in [4.78, 5) is 14.2. The first-order chi connectivity index (χ1) is 9.67. The van der Waals surface area contributed by atoms with Crippen molar-refractivity contribution in [1.29, 1.82) is 0 Å². The highest BCUT2D eigenvalue weighted by Gasteiger charge is 2.23. The van der Waals surface area contributed by atoms with Crippen molar-refractivity contribution >= 4 is 18.3 Å². The number of hydrogen-bond acceptors (Lipinski definition) is 3. The van der Waals surface area contributed by atoms with Gasteiger partial charge in [0.05, 0.1) is 6.54 Å². The van der Waals surface area contributed by atoms with Crippen molar-refractivity contribution in [3.63, 3.8) is 0 Å². The van der Waals surface area contributed by atoms with E-state index in [9.17, 15) is 4.79 Å². The lowest BCUT2D eigenvalue weighted by Crippen LogP contribution is -2.36. The van der Waals surface area contributed by atoms with E-state index in [0.717, 1.165) is 25.2 Å².